The zero-order valence-electron chi connectivity index (χ0n) is 57.4. The highest BCUT2D eigenvalue weighted by Crippen LogP contribution is 2.36. The second-order valence-corrected chi connectivity index (χ2v) is 23.4. The van der Waals surface area contributed by atoms with Gasteiger partial charge in [-0.15, -0.1) is 0 Å². The average molecular weight is 1510 g/mol. The van der Waals surface area contributed by atoms with E-state index in [1.807, 2.05) is 14.1 Å². The topological polar surface area (TPSA) is 368 Å². The summed E-state index contributed by atoms with van der Waals surface area (Å²) >= 11 is 3.11. The van der Waals surface area contributed by atoms with E-state index < -0.39 is 0 Å². The molecule has 0 aliphatic rings. The van der Waals surface area contributed by atoms with Gasteiger partial charge in [0.25, 0.3) is 0 Å². The lowest BCUT2D eigenvalue weighted by molar-refractivity contribution is 0.101. The van der Waals surface area contributed by atoms with Crippen LogP contribution < -0.4 is 50.1 Å². The molecule has 546 valence electrons. The van der Waals surface area contributed by atoms with Crippen LogP contribution >= 0.6 is 15.9 Å². The first-order valence-corrected chi connectivity index (χ1v) is 31.9. The fourth-order valence-corrected chi connectivity index (χ4v) is 10.5. The number of phenolic OH excluding ortho intramolecular Hbond substituents is 7. The van der Waals surface area contributed by atoms with Crippen molar-refractivity contribution in [2.45, 2.75) is 14.4 Å². The first-order chi connectivity index (χ1) is 50.3. The van der Waals surface area contributed by atoms with Crippen LogP contribution in [-0.4, -0.2) is 109 Å². The van der Waals surface area contributed by atoms with Gasteiger partial charge >= 0.3 is 5.78 Å². The Morgan fingerprint density at radius 2 is 0.783 bits per heavy atom. The molecule has 0 amide bonds. The van der Waals surface area contributed by atoms with Gasteiger partial charge in [0.15, 0.2) is 11.6 Å². The molecule has 0 unspecified atom stereocenters. The Bertz CT molecular complexity index is 5850. The smallest absolute Gasteiger partial charge is 0.302 e. The lowest BCUT2D eigenvalue weighted by Gasteiger charge is -2.10. The molecule has 14 rings (SSSR count). The molecule has 0 fully saturated rings. The van der Waals surface area contributed by atoms with E-state index in [-0.39, 0.29) is 115 Å². The first-order valence-electron chi connectivity index (χ1n) is 31.1. The van der Waals surface area contributed by atoms with Crippen molar-refractivity contribution in [2.24, 2.45) is 0 Å². The maximum absolute atomic E-state index is 12.8. The molecule has 0 spiro atoms. The molecule has 0 bridgehead atoms. The van der Waals surface area contributed by atoms with Crippen molar-refractivity contribution in [3.63, 3.8) is 0 Å². The Balaban J connectivity index is 0.000000162. The number of hydrogen-bond donors (Lipinski definition) is 7. The molecule has 26 heteroatoms. The zero-order valence-corrected chi connectivity index (χ0v) is 59.0. The van der Waals surface area contributed by atoms with Gasteiger partial charge in [-0.05, 0) is 132 Å². The molecule has 5 heterocycles. The summed E-state index contributed by atoms with van der Waals surface area (Å²) < 4.78 is 58.1. The number of carbonyl (C=O) groups is 2. The molecule has 9 aromatic carbocycles. The van der Waals surface area contributed by atoms with Gasteiger partial charge in [0.2, 0.25) is 21.7 Å². The predicted octanol–water partition coefficient (Wildman–Crippen LogP) is 15.6. The highest BCUT2D eigenvalue weighted by Gasteiger charge is 2.19. The van der Waals surface area contributed by atoms with Crippen LogP contribution in [0.3, 0.4) is 0 Å². The van der Waals surface area contributed by atoms with Crippen LogP contribution in [0.2, 0.25) is 0 Å². The summed E-state index contributed by atoms with van der Waals surface area (Å²) in [5.74, 6) is 2.87. The Kier molecular flexibility index (Phi) is 25.7. The number of benzene rings is 9. The lowest BCUT2D eigenvalue weighted by Crippen LogP contribution is -2.06. The largest absolute Gasteiger partial charge is 0.508 e. The van der Waals surface area contributed by atoms with Crippen LogP contribution in [0.25, 0.3) is 88.3 Å². The van der Waals surface area contributed by atoms with Crippen molar-refractivity contribution < 1.29 is 95.8 Å². The molecular formula is C80H70BrNO24. The number of aromatic hydroxyl groups is 7. The van der Waals surface area contributed by atoms with Crippen LogP contribution in [0.5, 0.6) is 74.7 Å². The number of fused-ring (bicyclic) bond motifs is 7. The van der Waals surface area contributed by atoms with Crippen molar-refractivity contribution in [3.05, 3.63) is 251 Å². The van der Waals surface area contributed by atoms with Crippen molar-refractivity contribution in [1.29, 1.82) is 0 Å². The fourth-order valence-electron chi connectivity index (χ4n) is 10.2. The molecule has 0 radical (unpaired) electrons. The number of allylic oxidation sites excluding steroid dienone is 1. The van der Waals surface area contributed by atoms with Crippen molar-refractivity contribution in [1.82, 2.24) is 4.90 Å². The van der Waals surface area contributed by atoms with Crippen LogP contribution in [-0.2, 0) is 0 Å². The molecular weight excluding hydrogens is 1440 g/mol. The number of furan rings is 1. The minimum absolute atomic E-state index is 0. The SMILES string of the molecule is C.COc1ccc(-c2coc3cc(OC)ccc3c2=O)c(OC)c1.COc1ccc(C(=O)/C=C/N(C)C)c(O)c1.COc1ccc(C(C)=O)c(O)c1.COc1ccc2c(=O)c(Br)coc2c1.O=c1c(-c2ccc(O)cc2O)coc2cc(O)ccc12.O=c1c2ccc(O)cc2oc2oc3cc(O)ccc3c12. The van der Waals surface area contributed by atoms with E-state index >= 15 is 0 Å². The summed E-state index contributed by atoms with van der Waals surface area (Å²) in [6.45, 7) is 1.40. The summed E-state index contributed by atoms with van der Waals surface area (Å²) in [6, 6.07) is 41.6. The van der Waals surface area contributed by atoms with Gasteiger partial charge in [0, 0.05) is 97.5 Å². The van der Waals surface area contributed by atoms with E-state index in [0.29, 0.717) is 105 Å². The second kappa shape index (κ2) is 34.8. The zero-order chi connectivity index (χ0) is 75.9. The highest BCUT2D eigenvalue weighted by atomic mass is 79.9. The van der Waals surface area contributed by atoms with Gasteiger partial charge in [-0.3, -0.25) is 28.8 Å². The van der Waals surface area contributed by atoms with E-state index in [9.17, 15) is 64.5 Å². The number of ether oxygens (including phenoxy) is 6. The van der Waals surface area contributed by atoms with Crippen LogP contribution in [0.4, 0.5) is 0 Å². The van der Waals surface area contributed by atoms with E-state index in [4.69, 9.17) is 50.5 Å². The molecule has 7 N–H and O–H groups in total. The minimum Gasteiger partial charge on any atom is -0.508 e. The monoisotopic (exact) mass is 1510 g/mol. The molecule has 25 nitrogen and oxygen atoms in total. The van der Waals surface area contributed by atoms with Crippen molar-refractivity contribution in [3.8, 4) is 97.0 Å². The Hall–Kier alpha value is -13.6. The third-order valence-corrected chi connectivity index (χ3v) is 16.1. The molecule has 0 aliphatic heterocycles. The van der Waals surface area contributed by atoms with Crippen LogP contribution in [0.1, 0.15) is 35.1 Å². The lowest BCUT2D eigenvalue weighted by atomic mass is 10.0. The number of Topliss-reactive ketones (excluding diaryl/α,β-unsaturated/α-hetero) is 1. The predicted molar refractivity (Wildman–Crippen MR) is 404 cm³/mol. The molecule has 0 atom stereocenters. The highest BCUT2D eigenvalue weighted by molar-refractivity contribution is 9.10. The van der Waals surface area contributed by atoms with Gasteiger partial charge < -0.3 is 91.2 Å². The van der Waals surface area contributed by atoms with Gasteiger partial charge in [0.05, 0.1) is 86.5 Å². The second-order valence-electron chi connectivity index (χ2n) is 22.6. The molecule has 0 saturated carbocycles. The number of rotatable bonds is 12. The first kappa shape index (κ1) is 78.1. The molecule has 106 heavy (non-hydrogen) atoms. The number of nitrogens with zero attached hydrogens (tertiary/aromatic N) is 1. The summed E-state index contributed by atoms with van der Waals surface area (Å²) in [4.78, 5) is 73.5. The third kappa shape index (κ3) is 18.2. The van der Waals surface area contributed by atoms with Crippen molar-refractivity contribution in [2.75, 3.05) is 56.8 Å². The van der Waals surface area contributed by atoms with Crippen LogP contribution in [0.15, 0.2) is 241 Å². The number of phenols is 7. The fraction of sp³-hybridized carbons (Fsp3) is 0.125. The van der Waals surface area contributed by atoms with Crippen molar-refractivity contribution >= 4 is 93.5 Å². The van der Waals surface area contributed by atoms with Gasteiger partial charge in [0.1, 0.15) is 131 Å². The van der Waals surface area contributed by atoms with Gasteiger partial charge in [-0.25, -0.2) is 0 Å². The maximum Gasteiger partial charge on any atom is 0.302 e. The van der Waals surface area contributed by atoms with E-state index in [1.165, 1.54) is 131 Å². The molecule has 0 aliphatic carbocycles. The quantitative estimate of drug-likeness (QED) is 0.0441. The van der Waals surface area contributed by atoms with Gasteiger partial charge in [-0.2, -0.15) is 0 Å². The Morgan fingerprint density at radius 1 is 0.396 bits per heavy atom. The number of halogens is 1. The summed E-state index contributed by atoms with van der Waals surface area (Å²) in [5, 5.41) is 68.8. The number of hydrogen-bond acceptors (Lipinski definition) is 25. The Morgan fingerprint density at radius 3 is 1.27 bits per heavy atom. The van der Waals surface area contributed by atoms with Crippen LogP contribution in [0, 0.1) is 0 Å². The molecule has 0 saturated heterocycles. The minimum atomic E-state index is -0.327. The maximum atomic E-state index is 12.8. The number of methoxy groups -OCH3 is 6. The normalized spacial score (nSPS) is 10.5. The van der Waals surface area contributed by atoms with E-state index in [0.717, 1.165) is 6.07 Å². The summed E-state index contributed by atoms with van der Waals surface area (Å²) in [6.07, 6.45) is 7.07. The number of carbonyl (C=O) groups excluding carboxylic acids is 2. The summed E-state index contributed by atoms with van der Waals surface area (Å²) in [5.41, 5.74) is 3.25. The van der Waals surface area contributed by atoms with Gasteiger partial charge in [-0.1, -0.05) is 7.43 Å². The average Bonchev–Trinajstić information content (AvgIpc) is 1.61. The standard InChI is InChI=1S/C18H16O5.C15H8O5.C15H10O5.C12H15NO3.C10H7BrO3.C9H10O3.CH4/c1-20-11-4-6-13(16(8-11)22-3)15-10-23-17-9-12(21-2)5-7-14(17)18(15)19;16-7-1-3-9-11(5-7)19-15-13(9)14(18)10-4-2-8(17)6-12(10)20-15;16-8-1-3-10(13(18)5-8)12-7-20-14-6-9(17)2-4-11(14)15(12)19;1-13(2)7-6-11(14)10-5-4-9(16-3)8-12(10)15;1-13-6-2-3-7-9(4-6)14-5-8(11)10(7)12;1-6(10)8-4-3-7(12-2)5-9(8)11;/h4-10H,1-3H3;1-6,16-17H;1-7,16-18H;4-8,15H,1-3H3;2-5H,1H3;3-5,11H,1-2H3;1H4/b;;;7-6+;;;. The summed E-state index contributed by atoms with van der Waals surface area (Å²) in [7, 11) is 12.9. The number of ketones is 2. The Labute approximate surface area is 610 Å². The molecule has 5 aromatic heterocycles. The van der Waals surface area contributed by atoms with E-state index in [2.05, 4.69) is 15.9 Å². The van der Waals surface area contributed by atoms with E-state index in [1.54, 1.807) is 112 Å². The molecule has 14 aromatic rings. The third-order valence-electron chi connectivity index (χ3n) is 15.5.